The van der Waals surface area contributed by atoms with Crippen LogP contribution in [0, 0.1) is 18.6 Å². The molecular formula is C19H20F2N2O. The largest absolute Gasteiger partial charge is 0.336 e. The number of benzene rings is 2. The Morgan fingerprint density at radius 3 is 2.25 bits per heavy atom. The zero-order valence-corrected chi connectivity index (χ0v) is 13.6. The Balaban J connectivity index is 1.62. The summed E-state index contributed by atoms with van der Waals surface area (Å²) in [7, 11) is 0. The number of halogens is 2. The molecule has 3 nitrogen and oxygen atoms in total. The summed E-state index contributed by atoms with van der Waals surface area (Å²) in [6.45, 7) is 5.20. The molecule has 0 saturated carbocycles. The number of rotatable bonds is 3. The SMILES string of the molecule is Cc1cccc(CN2CCN(C(=O)c3c(F)cccc3F)CC2)c1. The Labute approximate surface area is 140 Å². The topological polar surface area (TPSA) is 23.6 Å². The summed E-state index contributed by atoms with van der Waals surface area (Å²) in [5.74, 6) is -2.18. The van der Waals surface area contributed by atoms with E-state index in [9.17, 15) is 13.6 Å². The number of carbonyl (C=O) groups excluding carboxylic acids is 1. The van der Waals surface area contributed by atoms with E-state index < -0.39 is 23.1 Å². The molecule has 5 heteroatoms. The normalized spacial score (nSPS) is 15.5. The molecular weight excluding hydrogens is 310 g/mol. The van der Waals surface area contributed by atoms with Crippen LogP contribution in [-0.4, -0.2) is 41.9 Å². The third-order valence-electron chi connectivity index (χ3n) is 4.32. The second-order valence-electron chi connectivity index (χ2n) is 6.15. The van der Waals surface area contributed by atoms with Gasteiger partial charge in [-0.3, -0.25) is 9.69 Å². The van der Waals surface area contributed by atoms with Gasteiger partial charge in [0.15, 0.2) is 0 Å². The van der Waals surface area contributed by atoms with Crippen LogP contribution in [0.15, 0.2) is 42.5 Å². The van der Waals surface area contributed by atoms with Crippen LogP contribution in [0.3, 0.4) is 0 Å². The molecule has 2 aromatic rings. The number of amides is 1. The second kappa shape index (κ2) is 7.09. The van der Waals surface area contributed by atoms with Gasteiger partial charge in [0.1, 0.15) is 17.2 Å². The van der Waals surface area contributed by atoms with Crippen molar-refractivity contribution in [2.45, 2.75) is 13.5 Å². The number of piperazine rings is 1. The van der Waals surface area contributed by atoms with Crippen LogP contribution >= 0.6 is 0 Å². The summed E-state index contributed by atoms with van der Waals surface area (Å²) in [6, 6.07) is 11.8. The molecule has 126 valence electrons. The van der Waals surface area contributed by atoms with Crippen molar-refractivity contribution in [2.75, 3.05) is 26.2 Å². The average molecular weight is 330 g/mol. The van der Waals surface area contributed by atoms with Gasteiger partial charge in [0, 0.05) is 32.7 Å². The summed E-state index contributed by atoms with van der Waals surface area (Å²) >= 11 is 0. The molecule has 0 radical (unpaired) electrons. The van der Waals surface area contributed by atoms with Gasteiger partial charge < -0.3 is 4.90 Å². The van der Waals surface area contributed by atoms with Gasteiger partial charge in [-0.25, -0.2) is 8.78 Å². The third-order valence-corrected chi connectivity index (χ3v) is 4.32. The highest BCUT2D eigenvalue weighted by atomic mass is 19.1. The van der Waals surface area contributed by atoms with Crippen LogP contribution < -0.4 is 0 Å². The maximum atomic E-state index is 13.8. The van der Waals surface area contributed by atoms with Gasteiger partial charge in [-0.15, -0.1) is 0 Å². The monoisotopic (exact) mass is 330 g/mol. The van der Waals surface area contributed by atoms with Crippen LogP contribution in [0.4, 0.5) is 8.78 Å². The number of hydrogen-bond donors (Lipinski definition) is 0. The fourth-order valence-electron chi connectivity index (χ4n) is 3.04. The van der Waals surface area contributed by atoms with E-state index in [2.05, 4.69) is 30.0 Å². The van der Waals surface area contributed by atoms with Crippen molar-refractivity contribution in [2.24, 2.45) is 0 Å². The molecule has 0 N–H and O–H groups in total. The van der Waals surface area contributed by atoms with Crippen LogP contribution in [0.5, 0.6) is 0 Å². The predicted molar refractivity (Wildman–Crippen MR) is 88.7 cm³/mol. The first-order chi connectivity index (χ1) is 11.5. The third kappa shape index (κ3) is 3.62. The maximum absolute atomic E-state index is 13.8. The predicted octanol–water partition coefficient (Wildman–Crippen LogP) is 3.23. The van der Waals surface area contributed by atoms with Crippen LogP contribution in [0.25, 0.3) is 0 Å². The van der Waals surface area contributed by atoms with E-state index in [4.69, 9.17) is 0 Å². The van der Waals surface area contributed by atoms with E-state index in [-0.39, 0.29) is 0 Å². The molecule has 1 aliphatic rings. The maximum Gasteiger partial charge on any atom is 0.259 e. The molecule has 1 saturated heterocycles. The fourth-order valence-corrected chi connectivity index (χ4v) is 3.04. The molecule has 1 amide bonds. The van der Waals surface area contributed by atoms with Gasteiger partial charge in [-0.2, -0.15) is 0 Å². The number of hydrogen-bond acceptors (Lipinski definition) is 2. The molecule has 24 heavy (non-hydrogen) atoms. The Morgan fingerprint density at radius 1 is 1.00 bits per heavy atom. The Kier molecular flexibility index (Phi) is 4.90. The lowest BCUT2D eigenvalue weighted by molar-refractivity contribution is 0.0619. The molecule has 1 aliphatic heterocycles. The zero-order valence-electron chi connectivity index (χ0n) is 13.6. The second-order valence-corrected chi connectivity index (χ2v) is 6.15. The number of nitrogens with zero attached hydrogens (tertiary/aromatic N) is 2. The zero-order chi connectivity index (χ0) is 17.1. The van der Waals surface area contributed by atoms with Gasteiger partial charge in [0.2, 0.25) is 0 Å². The van der Waals surface area contributed by atoms with Crippen molar-refractivity contribution in [1.29, 1.82) is 0 Å². The smallest absolute Gasteiger partial charge is 0.259 e. The highest BCUT2D eigenvalue weighted by molar-refractivity contribution is 5.94. The lowest BCUT2D eigenvalue weighted by Gasteiger charge is -2.35. The van der Waals surface area contributed by atoms with Gasteiger partial charge in [0.25, 0.3) is 5.91 Å². The van der Waals surface area contributed by atoms with Crippen molar-refractivity contribution >= 4 is 5.91 Å². The van der Waals surface area contributed by atoms with E-state index in [0.29, 0.717) is 26.2 Å². The van der Waals surface area contributed by atoms with E-state index in [1.54, 1.807) is 0 Å². The lowest BCUT2D eigenvalue weighted by Crippen LogP contribution is -2.48. The molecule has 0 bridgehead atoms. The van der Waals surface area contributed by atoms with Crippen LogP contribution in [0.1, 0.15) is 21.5 Å². The van der Waals surface area contributed by atoms with E-state index >= 15 is 0 Å². The molecule has 2 aromatic carbocycles. The summed E-state index contributed by atoms with van der Waals surface area (Å²) in [6.07, 6.45) is 0. The Hall–Kier alpha value is -2.27. The van der Waals surface area contributed by atoms with Crippen molar-refractivity contribution < 1.29 is 13.6 Å². The quantitative estimate of drug-likeness (QED) is 0.863. The molecule has 1 heterocycles. The molecule has 0 atom stereocenters. The van der Waals surface area contributed by atoms with E-state index in [0.717, 1.165) is 18.7 Å². The minimum Gasteiger partial charge on any atom is -0.336 e. The van der Waals surface area contributed by atoms with E-state index in [1.807, 2.05) is 6.07 Å². The van der Waals surface area contributed by atoms with Gasteiger partial charge in [-0.1, -0.05) is 35.9 Å². The van der Waals surface area contributed by atoms with Gasteiger partial charge in [-0.05, 0) is 24.6 Å². The fraction of sp³-hybridized carbons (Fsp3) is 0.316. The molecule has 1 fully saturated rings. The first-order valence-corrected chi connectivity index (χ1v) is 8.06. The van der Waals surface area contributed by atoms with Gasteiger partial charge >= 0.3 is 0 Å². The molecule has 0 spiro atoms. The van der Waals surface area contributed by atoms with Crippen LogP contribution in [0.2, 0.25) is 0 Å². The highest BCUT2D eigenvalue weighted by Gasteiger charge is 2.26. The standard InChI is InChI=1S/C19H20F2N2O/c1-14-4-2-5-15(12-14)13-22-8-10-23(11-9-22)19(24)18-16(20)6-3-7-17(18)21/h2-7,12H,8-11,13H2,1H3. The van der Waals surface area contributed by atoms with Crippen molar-refractivity contribution in [3.8, 4) is 0 Å². The van der Waals surface area contributed by atoms with Crippen LogP contribution in [-0.2, 0) is 6.54 Å². The number of carbonyl (C=O) groups is 1. The van der Waals surface area contributed by atoms with Crippen molar-refractivity contribution in [1.82, 2.24) is 9.80 Å². The van der Waals surface area contributed by atoms with Crippen molar-refractivity contribution in [3.05, 3.63) is 70.8 Å². The van der Waals surface area contributed by atoms with Crippen molar-refractivity contribution in [3.63, 3.8) is 0 Å². The first kappa shape index (κ1) is 16.6. The number of aryl methyl sites for hydroxylation is 1. The summed E-state index contributed by atoms with van der Waals surface area (Å²) in [4.78, 5) is 16.1. The summed E-state index contributed by atoms with van der Waals surface area (Å²) in [5, 5.41) is 0. The lowest BCUT2D eigenvalue weighted by atomic mass is 10.1. The average Bonchev–Trinajstić information content (AvgIpc) is 2.55. The van der Waals surface area contributed by atoms with Gasteiger partial charge in [0.05, 0.1) is 0 Å². The Bertz CT molecular complexity index is 720. The summed E-state index contributed by atoms with van der Waals surface area (Å²) in [5.41, 5.74) is 2.00. The first-order valence-electron chi connectivity index (χ1n) is 8.06. The minimum absolute atomic E-state index is 0.454. The summed E-state index contributed by atoms with van der Waals surface area (Å²) < 4.78 is 27.5. The Morgan fingerprint density at radius 2 is 1.62 bits per heavy atom. The minimum atomic E-state index is -0.804. The molecule has 0 unspecified atom stereocenters. The van der Waals surface area contributed by atoms with E-state index in [1.165, 1.54) is 22.1 Å². The highest BCUT2D eigenvalue weighted by Crippen LogP contribution is 2.17. The molecule has 0 aliphatic carbocycles. The molecule has 3 rings (SSSR count). The molecule has 0 aromatic heterocycles.